The summed E-state index contributed by atoms with van der Waals surface area (Å²) in [5.74, 6) is -4.49. The smallest absolute Gasteiger partial charge is 0.490 e. The van der Waals surface area contributed by atoms with Crippen LogP contribution < -0.4 is 5.32 Å². The van der Waals surface area contributed by atoms with Crippen molar-refractivity contribution in [2.45, 2.75) is 86.6 Å². The van der Waals surface area contributed by atoms with Crippen molar-refractivity contribution in [1.29, 1.82) is 0 Å². The molecule has 0 amide bonds. The van der Waals surface area contributed by atoms with Crippen LogP contribution in [0, 0.1) is 5.92 Å². The van der Waals surface area contributed by atoms with Gasteiger partial charge in [-0.2, -0.15) is 26.3 Å². The van der Waals surface area contributed by atoms with E-state index >= 15 is 0 Å². The number of fused-ring (bicyclic) bond motifs is 1. The molecule has 2 aromatic rings. The molecular formula is C31H36F6N2O7. The van der Waals surface area contributed by atoms with E-state index in [9.17, 15) is 41.7 Å². The van der Waals surface area contributed by atoms with Crippen LogP contribution in [-0.2, 0) is 28.0 Å². The number of hydrogen-bond donors (Lipinski definition) is 6. The molecule has 2 saturated carbocycles. The topological polar surface area (TPSA) is 151 Å². The van der Waals surface area contributed by atoms with Gasteiger partial charge in [0, 0.05) is 30.6 Å². The molecule has 0 aromatic heterocycles. The molecule has 2 bridgehead atoms. The van der Waals surface area contributed by atoms with Crippen LogP contribution in [0.25, 0.3) is 0 Å². The van der Waals surface area contributed by atoms with E-state index in [0.717, 1.165) is 37.4 Å². The maximum absolute atomic E-state index is 12.5. The fourth-order valence-corrected chi connectivity index (χ4v) is 6.98. The lowest BCUT2D eigenvalue weighted by Crippen LogP contribution is -2.76. The highest BCUT2D eigenvalue weighted by atomic mass is 19.4. The summed E-state index contributed by atoms with van der Waals surface area (Å²) < 4.78 is 63.5. The Kier molecular flexibility index (Phi) is 10.3. The number of phenols is 1. The number of phenolic OH excluding ortho intramolecular Hbond substituents is 1. The molecule has 9 nitrogen and oxygen atoms in total. The molecule has 0 radical (unpaired) electrons. The molecule has 3 fully saturated rings. The molecule has 0 spiro atoms. The summed E-state index contributed by atoms with van der Waals surface area (Å²) in [5, 5.41) is 51.9. The standard InChI is InChI=1S/C27H34N2O3.2C2HF3O2/c30-21-9-8-20-12-25-27(32)14-23(28-16-18-4-2-1-3-5-18)24(31)15-26(27,22(20)13-21)10-11-29(25)17-19-6-7-19;2*3-2(4,5)1(6)7/h1-5,8-9,13,19,23-25,28,30-32H,6-7,10-12,14-17H2;2*(H,6,7)/t23-,24+,25-,26-,27-;;/m1../s1. The number of alkyl halides is 6. The van der Waals surface area contributed by atoms with E-state index in [1.165, 1.54) is 24.0 Å². The summed E-state index contributed by atoms with van der Waals surface area (Å²) in [7, 11) is 0. The van der Waals surface area contributed by atoms with Crippen molar-refractivity contribution in [2.24, 2.45) is 5.92 Å². The van der Waals surface area contributed by atoms with Gasteiger partial charge in [-0.25, -0.2) is 9.59 Å². The van der Waals surface area contributed by atoms with Crippen LogP contribution in [0.3, 0.4) is 0 Å². The number of halogens is 6. The third-order valence-electron chi connectivity index (χ3n) is 9.31. The number of likely N-dealkylation sites (tertiary alicyclic amines) is 1. The van der Waals surface area contributed by atoms with Crippen molar-refractivity contribution in [1.82, 2.24) is 10.2 Å². The third-order valence-corrected chi connectivity index (χ3v) is 9.31. The number of rotatable bonds is 5. The Hall–Kier alpha value is -3.40. The van der Waals surface area contributed by atoms with Crippen molar-refractivity contribution in [2.75, 3.05) is 13.1 Å². The van der Waals surface area contributed by atoms with Gasteiger partial charge in [0.05, 0.1) is 11.7 Å². The number of aromatic hydroxyl groups is 1. The summed E-state index contributed by atoms with van der Waals surface area (Å²) in [6, 6.07) is 15.8. The van der Waals surface area contributed by atoms with Crippen molar-refractivity contribution < 1.29 is 61.5 Å². The fraction of sp³-hybridized carbons (Fsp3) is 0.548. The first-order valence-electron chi connectivity index (χ1n) is 14.7. The van der Waals surface area contributed by atoms with Gasteiger partial charge in [-0.15, -0.1) is 0 Å². The van der Waals surface area contributed by atoms with Crippen molar-refractivity contribution in [3.8, 4) is 5.75 Å². The second kappa shape index (κ2) is 13.4. The summed E-state index contributed by atoms with van der Waals surface area (Å²) in [6.07, 6.45) is -5.41. The van der Waals surface area contributed by atoms with Gasteiger partial charge < -0.3 is 30.8 Å². The van der Waals surface area contributed by atoms with Crippen molar-refractivity contribution in [3.05, 3.63) is 65.2 Å². The highest BCUT2D eigenvalue weighted by molar-refractivity contribution is 5.73. The van der Waals surface area contributed by atoms with Gasteiger partial charge >= 0.3 is 24.3 Å². The molecule has 0 unspecified atom stereocenters. The average Bonchev–Trinajstić information content (AvgIpc) is 3.79. The summed E-state index contributed by atoms with van der Waals surface area (Å²) in [4.78, 5) is 20.3. The van der Waals surface area contributed by atoms with Crippen molar-refractivity contribution in [3.63, 3.8) is 0 Å². The number of aliphatic hydroxyl groups is 2. The monoisotopic (exact) mass is 662 g/mol. The molecule has 46 heavy (non-hydrogen) atoms. The minimum absolute atomic E-state index is 0.0578. The predicted molar refractivity (Wildman–Crippen MR) is 151 cm³/mol. The molecule has 4 aliphatic rings. The van der Waals surface area contributed by atoms with Crippen LogP contribution >= 0.6 is 0 Å². The second-order valence-corrected chi connectivity index (χ2v) is 12.3. The second-order valence-electron chi connectivity index (χ2n) is 12.3. The zero-order chi connectivity index (χ0) is 34.1. The number of carbonyl (C=O) groups is 2. The third kappa shape index (κ3) is 7.76. The molecular weight excluding hydrogens is 626 g/mol. The Bertz CT molecular complexity index is 1360. The number of carboxylic acids is 2. The van der Waals surface area contributed by atoms with Gasteiger partial charge in [0.2, 0.25) is 0 Å². The lowest BCUT2D eigenvalue weighted by molar-refractivity contribution is -0.193. The molecule has 6 rings (SSSR count). The Labute approximate surface area is 260 Å². The zero-order valence-electron chi connectivity index (χ0n) is 24.6. The van der Waals surface area contributed by atoms with E-state index in [1.54, 1.807) is 6.07 Å². The lowest BCUT2D eigenvalue weighted by atomic mass is 9.48. The molecule has 1 aliphatic heterocycles. The maximum atomic E-state index is 12.5. The number of hydrogen-bond acceptors (Lipinski definition) is 7. The van der Waals surface area contributed by atoms with E-state index in [2.05, 4.69) is 22.3 Å². The quantitative estimate of drug-likeness (QED) is 0.262. The summed E-state index contributed by atoms with van der Waals surface area (Å²) >= 11 is 0. The molecule has 15 heteroatoms. The molecule has 2 aromatic carbocycles. The van der Waals surface area contributed by atoms with Crippen LogP contribution in [-0.4, -0.2) is 91.6 Å². The van der Waals surface area contributed by atoms with Crippen LogP contribution in [0.1, 0.15) is 48.8 Å². The van der Waals surface area contributed by atoms with Crippen molar-refractivity contribution >= 4 is 11.9 Å². The van der Waals surface area contributed by atoms with E-state index in [-0.39, 0.29) is 17.8 Å². The lowest BCUT2D eigenvalue weighted by Gasteiger charge is -2.65. The minimum atomic E-state index is -5.08. The van der Waals surface area contributed by atoms with Gasteiger partial charge in [-0.3, -0.25) is 4.90 Å². The predicted octanol–water partition coefficient (Wildman–Crippen LogP) is 3.98. The Morgan fingerprint density at radius 2 is 1.52 bits per heavy atom. The van der Waals surface area contributed by atoms with Crippen LogP contribution in [0.4, 0.5) is 26.3 Å². The van der Waals surface area contributed by atoms with E-state index in [0.29, 0.717) is 19.4 Å². The van der Waals surface area contributed by atoms with Crippen LogP contribution in [0.5, 0.6) is 5.75 Å². The molecule has 5 atom stereocenters. The fourth-order valence-electron chi connectivity index (χ4n) is 6.98. The highest BCUT2D eigenvalue weighted by Crippen LogP contribution is 2.59. The van der Waals surface area contributed by atoms with Gasteiger partial charge in [-0.05, 0) is 79.8 Å². The normalized spacial score (nSPS) is 28.7. The number of nitrogens with one attached hydrogen (secondary N) is 1. The number of benzene rings is 2. The number of nitrogens with zero attached hydrogens (tertiary/aromatic N) is 1. The molecule has 254 valence electrons. The van der Waals surface area contributed by atoms with Gasteiger partial charge in [0.25, 0.3) is 0 Å². The minimum Gasteiger partial charge on any atom is -0.508 e. The maximum Gasteiger partial charge on any atom is 0.490 e. The van der Waals surface area contributed by atoms with E-state index < -0.39 is 41.4 Å². The number of carboxylic acid groups (broad SMARTS) is 2. The first-order chi connectivity index (χ1) is 21.4. The average molecular weight is 663 g/mol. The Balaban J connectivity index is 0.000000289. The molecule has 1 saturated heterocycles. The zero-order valence-corrected chi connectivity index (χ0v) is 24.6. The summed E-state index contributed by atoms with van der Waals surface area (Å²) in [5.41, 5.74) is 2.04. The number of aliphatic carboxylic acids is 2. The molecule has 3 aliphatic carbocycles. The van der Waals surface area contributed by atoms with Gasteiger partial charge in [0.15, 0.2) is 0 Å². The van der Waals surface area contributed by atoms with Crippen LogP contribution in [0.15, 0.2) is 48.5 Å². The SMILES string of the molecule is O=C(O)C(F)(F)F.O=C(O)C(F)(F)F.Oc1ccc2c(c1)[C@]13CCN(CC4CC4)[C@H](C2)[C@]1(O)C[C@@H](NCc1ccccc1)[C@@H](O)C3. The van der Waals surface area contributed by atoms with Gasteiger partial charge in [-0.1, -0.05) is 36.4 Å². The number of aliphatic hydroxyl groups excluding tert-OH is 1. The largest absolute Gasteiger partial charge is 0.508 e. The van der Waals surface area contributed by atoms with Crippen LogP contribution in [0.2, 0.25) is 0 Å². The van der Waals surface area contributed by atoms with E-state index in [1.807, 2.05) is 30.3 Å². The Morgan fingerprint density at radius 1 is 0.935 bits per heavy atom. The molecule has 1 heterocycles. The Morgan fingerprint density at radius 3 is 2.07 bits per heavy atom. The number of piperidine rings is 1. The molecule has 6 N–H and O–H groups in total. The highest BCUT2D eigenvalue weighted by Gasteiger charge is 2.66. The van der Waals surface area contributed by atoms with E-state index in [4.69, 9.17) is 19.8 Å². The first kappa shape index (κ1) is 35.5. The van der Waals surface area contributed by atoms with Gasteiger partial charge in [0.1, 0.15) is 5.75 Å². The first-order valence-corrected chi connectivity index (χ1v) is 14.7. The summed E-state index contributed by atoms with van der Waals surface area (Å²) in [6.45, 7) is 2.70.